The van der Waals surface area contributed by atoms with Crippen molar-refractivity contribution in [2.45, 2.75) is 5.88 Å². The first-order chi connectivity index (χ1) is 8.20. The number of rotatable bonds is 3. The van der Waals surface area contributed by atoms with Gasteiger partial charge in [-0.05, 0) is 12.1 Å². The summed E-state index contributed by atoms with van der Waals surface area (Å²) >= 11 is 17.4. The number of benzene rings is 1. The Hall–Kier alpha value is -1.03. The summed E-state index contributed by atoms with van der Waals surface area (Å²) in [4.78, 5) is 8.09. The number of hydrogen-bond acceptors (Lipinski definition) is 3. The molecular weight excluding hydrogens is 282 g/mol. The van der Waals surface area contributed by atoms with Crippen LogP contribution in [0.25, 0.3) is 0 Å². The van der Waals surface area contributed by atoms with Gasteiger partial charge in [-0.25, -0.2) is 4.98 Å². The molecule has 6 heteroatoms. The molecule has 17 heavy (non-hydrogen) atoms. The summed E-state index contributed by atoms with van der Waals surface area (Å²) in [6.07, 6.45) is 3.02. The van der Waals surface area contributed by atoms with E-state index < -0.39 is 0 Å². The van der Waals surface area contributed by atoms with Gasteiger partial charge in [0.25, 0.3) is 0 Å². The van der Waals surface area contributed by atoms with Crippen LogP contribution in [0.2, 0.25) is 10.0 Å². The molecule has 0 radical (unpaired) electrons. The maximum absolute atomic E-state index is 5.98. The van der Waals surface area contributed by atoms with Crippen LogP contribution >= 0.6 is 34.8 Å². The van der Waals surface area contributed by atoms with Crippen LogP contribution in [0.5, 0.6) is 11.6 Å². The van der Waals surface area contributed by atoms with Crippen molar-refractivity contribution in [3.05, 3.63) is 46.3 Å². The molecule has 0 spiro atoms. The predicted molar refractivity (Wildman–Crippen MR) is 68.1 cm³/mol. The summed E-state index contributed by atoms with van der Waals surface area (Å²) in [7, 11) is 0. The molecule has 0 aliphatic heterocycles. The molecular formula is C11H7Cl3N2O. The SMILES string of the molecule is ClCc1cnc(Oc2cccc(Cl)c2Cl)cn1. The van der Waals surface area contributed by atoms with E-state index in [-0.39, 0.29) is 0 Å². The fourth-order valence-electron chi connectivity index (χ4n) is 1.14. The molecule has 1 aromatic carbocycles. The van der Waals surface area contributed by atoms with E-state index in [1.165, 1.54) is 6.20 Å². The highest BCUT2D eigenvalue weighted by Gasteiger charge is 2.07. The van der Waals surface area contributed by atoms with E-state index in [1.807, 2.05) is 0 Å². The molecule has 0 amide bonds. The molecule has 0 atom stereocenters. The Labute approximate surface area is 113 Å². The first-order valence-corrected chi connectivity index (χ1v) is 5.98. The van der Waals surface area contributed by atoms with E-state index in [2.05, 4.69) is 9.97 Å². The molecule has 0 aliphatic carbocycles. The van der Waals surface area contributed by atoms with Crippen LogP contribution in [0.3, 0.4) is 0 Å². The van der Waals surface area contributed by atoms with Crippen molar-refractivity contribution in [2.24, 2.45) is 0 Å². The van der Waals surface area contributed by atoms with Gasteiger partial charge in [-0.1, -0.05) is 29.3 Å². The predicted octanol–water partition coefficient (Wildman–Crippen LogP) is 4.31. The number of hydrogen-bond donors (Lipinski definition) is 0. The van der Waals surface area contributed by atoms with E-state index in [9.17, 15) is 0 Å². The summed E-state index contributed by atoms with van der Waals surface area (Å²) < 4.78 is 5.46. The molecule has 0 fully saturated rings. The molecule has 3 nitrogen and oxygen atoms in total. The number of halogens is 3. The molecule has 88 valence electrons. The lowest BCUT2D eigenvalue weighted by Crippen LogP contribution is -1.92. The van der Waals surface area contributed by atoms with Crippen LogP contribution < -0.4 is 4.74 Å². The second kappa shape index (κ2) is 5.54. The summed E-state index contributed by atoms with van der Waals surface area (Å²) in [5, 5.41) is 0.770. The normalized spacial score (nSPS) is 10.3. The van der Waals surface area contributed by atoms with Crippen LogP contribution in [-0.2, 0) is 5.88 Å². The highest BCUT2D eigenvalue weighted by molar-refractivity contribution is 6.42. The Balaban J connectivity index is 2.22. The van der Waals surface area contributed by atoms with E-state index >= 15 is 0 Å². The topological polar surface area (TPSA) is 35.0 Å². The van der Waals surface area contributed by atoms with Gasteiger partial charge < -0.3 is 4.74 Å². The highest BCUT2D eigenvalue weighted by atomic mass is 35.5. The summed E-state index contributed by atoms with van der Waals surface area (Å²) in [6.45, 7) is 0. The van der Waals surface area contributed by atoms with Gasteiger partial charge in [-0.15, -0.1) is 11.6 Å². The third-order valence-corrected chi connectivity index (χ3v) is 3.02. The molecule has 1 aromatic heterocycles. The average Bonchev–Trinajstić information content (AvgIpc) is 2.36. The van der Waals surface area contributed by atoms with Gasteiger partial charge in [-0.3, -0.25) is 4.98 Å². The van der Waals surface area contributed by atoms with Gasteiger partial charge in [0.05, 0.1) is 29.0 Å². The van der Waals surface area contributed by atoms with Crippen molar-refractivity contribution < 1.29 is 4.74 Å². The van der Waals surface area contributed by atoms with E-state index in [0.29, 0.717) is 33.2 Å². The number of ether oxygens (including phenoxy) is 1. The lowest BCUT2D eigenvalue weighted by atomic mass is 10.3. The minimum atomic E-state index is 0.311. The molecule has 0 unspecified atom stereocenters. The molecule has 0 saturated carbocycles. The Bertz CT molecular complexity index is 517. The van der Waals surface area contributed by atoms with E-state index in [4.69, 9.17) is 39.5 Å². The summed E-state index contributed by atoms with van der Waals surface area (Å²) in [5.74, 6) is 1.08. The van der Waals surface area contributed by atoms with Gasteiger partial charge in [-0.2, -0.15) is 0 Å². The van der Waals surface area contributed by atoms with E-state index in [0.717, 1.165) is 0 Å². The zero-order valence-corrected chi connectivity index (χ0v) is 10.8. The van der Waals surface area contributed by atoms with Gasteiger partial charge in [0.15, 0.2) is 0 Å². The summed E-state index contributed by atoms with van der Waals surface area (Å²) in [6, 6.07) is 5.12. The highest BCUT2D eigenvalue weighted by Crippen LogP contribution is 2.33. The first kappa shape index (κ1) is 12.4. The fourth-order valence-corrected chi connectivity index (χ4v) is 1.61. The molecule has 1 heterocycles. The second-order valence-electron chi connectivity index (χ2n) is 3.13. The minimum Gasteiger partial charge on any atom is -0.436 e. The van der Waals surface area contributed by atoms with Crippen molar-refractivity contribution >= 4 is 34.8 Å². The minimum absolute atomic E-state index is 0.311. The standard InChI is InChI=1S/C11H7Cl3N2O/c12-4-7-5-16-10(6-15-7)17-9-3-1-2-8(13)11(9)14/h1-3,5-6H,4H2. The quantitative estimate of drug-likeness (QED) is 0.790. The fraction of sp³-hybridized carbons (Fsp3) is 0.0909. The smallest absolute Gasteiger partial charge is 0.237 e. The average molecular weight is 290 g/mol. The van der Waals surface area contributed by atoms with Crippen molar-refractivity contribution in [3.8, 4) is 11.6 Å². The molecule has 2 rings (SSSR count). The lowest BCUT2D eigenvalue weighted by molar-refractivity contribution is 0.460. The summed E-state index contributed by atoms with van der Waals surface area (Å²) in [5.41, 5.74) is 0.677. The molecule has 0 aliphatic rings. The van der Waals surface area contributed by atoms with Crippen molar-refractivity contribution in [1.29, 1.82) is 0 Å². The van der Waals surface area contributed by atoms with Crippen LogP contribution in [0, 0.1) is 0 Å². The molecule has 2 aromatic rings. The van der Waals surface area contributed by atoms with Crippen molar-refractivity contribution in [3.63, 3.8) is 0 Å². The van der Waals surface area contributed by atoms with Crippen LogP contribution in [0.4, 0.5) is 0 Å². The lowest BCUT2D eigenvalue weighted by Gasteiger charge is -2.07. The zero-order chi connectivity index (χ0) is 12.3. The molecule has 0 N–H and O–H groups in total. The first-order valence-electron chi connectivity index (χ1n) is 4.69. The van der Waals surface area contributed by atoms with Gasteiger partial charge in [0, 0.05) is 0 Å². The Morgan fingerprint density at radius 1 is 1.12 bits per heavy atom. The maximum atomic E-state index is 5.98. The third kappa shape index (κ3) is 3.00. The zero-order valence-electron chi connectivity index (χ0n) is 8.53. The number of nitrogens with zero attached hydrogens (tertiary/aromatic N) is 2. The number of alkyl halides is 1. The Morgan fingerprint density at radius 3 is 2.59 bits per heavy atom. The van der Waals surface area contributed by atoms with Gasteiger partial charge >= 0.3 is 0 Å². The van der Waals surface area contributed by atoms with Crippen molar-refractivity contribution in [1.82, 2.24) is 9.97 Å². The number of aromatic nitrogens is 2. The second-order valence-corrected chi connectivity index (χ2v) is 4.19. The van der Waals surface area contributed by atoms with Gasteiger partial charge in [0.2, 0.25) is 5.88 Å². The van der Waals surface area contributed by atoms with Crippen LogP contribution in [0.15, 0.2) is 30.6 Å². The van der Waals surface area contributed by atoms with Crippen molar-refractivity contribution in [2.75, 3.05) is 0 Å². The third-order valence-electron chi connectivity index (χ3n) is 1.95. The maximum Gasteiger partial charge on any atom is 0.237 e. The molecule has 0 saturated heterocycles. The monoisotopic (exact) mass is 288 g/mol. The molecule has 0 bridgehead atoms. The Morgan fingerprint density at radius 2 is 1.94 bits per heavy atom. The largest absolute Gasteiger partial charge is 0.436 e. The van der Waals surface area contributed by atoms with Crippen LogP contribution in [-0.4, -0.2) is 9.97 Å². The van der Waals surface area contributed by atoms with E-state index in [1.54, 1.807) is 24.4 Å². The Kier molecular flexibility index (Phi) is 4.05. The van der Waals surface area contributed by atoms with Gasteiger partial charge in [0.1, 0.15) is 10.8 Å². The van der Waals surface area contributed by atoms with Crippen LogP contribution in [0.1, 0.15) is 5.69 Å².